The van der Waals surface area contributed by atoms with Crippen molar-refractivity contribution in [2.24, 2.45) is 0 Å². The average Bonchev–Trinajstić information content (AvgIpc) is 3.63. The number of rotatable bonds is 5. The Balaban J connectivity index is 1.02. The predicted molar refractivity (Wildman–Crippen MR) is 146 cm³/mol. The topological polar surface area (TPSA) is 122 Å². The number of pyridine rings is 1. The smallest absolute Gasteiger partial charge is 0.265 e. The Bertz CT molecular complexity index is 1750. The van der Waals surface area contributed by atoms with Gasteiger partial charge >= 0.3 is 0 Å². The van der Waals surface area contributed by atoms with E-state index in [2.05, 4.69) is 20.6 Å². The number of fused-ring (bicyclic) bond motifs is 2. The van der Waals surface area contributed by atoms with Crippen LogP contribution in [0.25, 0.3) is 16.6 Å². The van der Waals surface area contributed by atoms with Gasteiger partial charge in [-0.15, -0.1) is 5.10 Å². The molecule has 0 spiro atoms. The van der Waals surface area contributed by atoms with Crippen molar-refractivity contribution in [1.29, 1.82) is 0 Å². The van der Waals surface area contributed by atoms with Crippen LogP contribution >= 0.6 is 0 Å². The number of para-hydroxylation sites is 1. The maximum Gasteiger partial charge on any atom is 0.265 e. The third-order valence-corrected chi connectivity index (χ3v) is 7.35. The van der Waals surface area contributed by atoms with Gasteiger partial charge in [-0.25, -0.2) is 4.68 Å². The maximum atomic E-state index is 13.2. The molecule has 2 amide bonds. The fourth-order valence-corrected chi connectivity index (χ4v) is 5.24. The number of β-amino-alcohol motifs (C(OH)–C–C–N with tert-alkyl or cyclic N) is 1. The Morgan fingerprint density at radius 1 is 1.00 bits per heavy atom. The van der Waals surface area contributed by atoms with Crippen LogP contribution in [0.4, 0.5) is 5.69 Å². The zero-order valence-electron chi connectivity index (χ0n) is 21.3. The monoisotopic (exact) mass is 532 g/mol. The quantitative estimate of drug-likeness (QED) is 0.357. The number of hydrogen-bond acceptors (Lipinski definition) is 7. The molecule has 1 atom stereocenters. The zero-order valence-corrected chi connectivity index (χ0v) is 21.3. The summed E-state index contributed by atoms with van der Waals surface area (Å²) < 4.78 is 7.38. The van der Waals surface area contributed by atoms with Crippen molar-refractivity contribution in [3.8, 4) is 11.4 Å². The second-order valence-corrected chi connectivity index (χ2v) is 10.1. The summed E-state index contributed by atoms with van der Waals surface area (Å²) in [5, 5.41) is 23.4. The van der Waals surface area contributed by atoms with Gasteiger partial charge in [0.05, 0.1) is 30.5 Å². The number of aliphatic hydroxyl groups is 1. The van der Waals surface area contributed by atoms with Gasteiger partial charge in [0.2, 0.25) is 0 Å². The highest BCUT2D eigenvalue weighted by Crippen LogP contribution is 2.33. The fourth-order valence-electron chi connectivity index (χ4n) is 5.24. The third kappa shape index (κ3) is 4.15. The fraction of sp³-hybridized carbons (Fsp3) is 0.167. The van der Waals surface area contributed by atoms with Crippen LogP contribution in [-0.2, 0) is 16.8 Å². The predicted octanol–water partition coefficient (Wildman–Crippen LogP) is 3.10. The molecule has 2 aromatic heterocycles. The molecule has 3 aromatic carbocycles. The number of carbonyl (C=O) groups is 2. The number of aromatic nitrogens is 4. The van der Waals surface area contributed by atoms with Gasteiger partial charge in [0, 0.05) is 29.3 Å². The summed E-state index contributed by atoms with van der Waals surface area (Å²) in [6, 6.07) is 23.9. The normalized spacial score (nSPS) is 17.1. The van der Waals surface area contributed by atoms with Crippen molar-refractivity contribution in [1.82, 2.24) is 24.9 Å². The van der Waals surface area contributed by atoms with Gasteiger partial charge in [-0.2, -0.15) is 0 Å². The zero-order chi connectivity index (χ0) is 27.3. The van der Waals surface area contributed by atoms with Gasteiger partial charge in [0.1, 0.15) is 17.0 Å². The molecule has 198 valence electrons. The van der Waals surface area contributed by atoms with Crippen LogP contribution in [0, 0.1) is 0 Å². The van der Waals surface area contributed by atoms with E-state index in [4.69, 9.17) is 4.74 Å². The maximum absolute atomic E-state index is 13.2. The molecule has 40 heavy (non-hydrogen) atoms. The second-order valence-electron chi connectivity index (χ2n) is 10.1. The number of nitrogens with one attached hydrogen (secondary N) is 1. The Labute approximate surface area is 228 Å². The first-order chi connectivity index (χ1) is 19.5. The molecule has 0 aliphatic carbocycles. The Hall–Kier alpha value is -5.09. The first kappa shape index (κ1) is 24.0. The summed E-state index contributed by atoms with van der Waals surface area (Å²) in [7, 11) is 0. The van der Waals surface area contributed by atoms with E-state index < -0.39 is 11.7 Å². The molecule has 5 aromatic rings. The number of anilines is 1. The van der Waals surface area contributed by atoms with E-state index in [0.717, 1.165) is 22.2 Å². The van der Waals surface area contributed by atoms with Crippen molar-refractivity contribution < 1.29 is 19.4 Å². The van der Waals surface area contributed by atoms with Crippen LogP contribution < -0.4 is 10.1 Å². The van der Waals surface area contributed by atoms with Crippen molar-refractivity contribution in [3.63, 3.8) is 0 Å². The first-order valence-corrected chi connectivity index (χ1v) is 12.9. The summed E-state index contributed by atoms with van der Waals surface area (Å²) in [4.78, 5) is 31.9. The molecule has 1 fully saturated rings. The van der Waals surface area contributed by atoms with E-state index >= 15 is 0 Å². The highest BCUT2D eigenvalue weighted by Gasteiger charge is 2.47. The summed E-state index contributed by atoms with van der Waals surface area (Å²) in [6.07, 6.45) is 3.28. The SMILES string of the molecule is O=C(Nc1cccc(C(=O)N2CC(O)(c3cn(-c4cccc5ncccc45)nn3)C2)c1)C1Cc2ccccc2O1. The van der Waals surface area contributed by atoms with Gasteiger partial charge in [0.25, 0.3) is 11.8 Å². The summed E-state index contributed by atoms with van der Waals surface area (Å²) in [6.45, 7) is 0.152. The molecule has 0 bridgehead atoms. The number of ether oxygens (including phenoxy) is 1. The van der Waals surface area contributed by atoms with Gasteiger partial charge in [0.15, 0.2) is 6.10 Å². The van der Waals surface area contributed by atoms with E-state index in [1.54, 1.807) is 46.2 Å². The largest absolute Gasteiger partial charge is 0.480 e. The molecular weight excluding hydrogens is 508 g/mol. The lowest BCUT2D eigenvalue weighted by atomic mass is 9.90. The molecule has 2 aliphatic heterocycles. The minimum atomic E-state index is -1.31. The van der Waals surface area contributed by atoms with Crippen LogP contribution in [0.3, 0.4) is 0 Å². The van der Waals surface area contributed by atoms with E-state index in [1.807, 2.05) is 54.6 Å². The molecule has 1 unspecified atom stereocenters. The summed E-state index contributed by atoms with van der Waals surface area (Å²) in [5.74, 6) is 0.188. The highest BCUT2D eigenvalue weighted by molar-refractivity contribution is 5.99. The van der Waals surface area contributed by atoms with Crippen LogP contribution in [-0.4, -0.2) is 61.0 Å². The molecule has 4 heterocycles. The lowest BCUT2D eigenvalue weighted by molar-refractivity contribution is -0.122. The second kappa shape index (κ2) is 9.28. The third-order valence-electron chi connectivity index (χ3n) is 7.35. The van der Waals surface area contributed by atoms with Gasteiger partial charge in [-0.05, 0) is 54.1 Å². The number of nitrogens with zero attached hydrogens (tertiary/aromatic N) is 5. The lowest BCUT2D eigenvalue weighted by Gasteiger charge is -2.45. The standard InChI is InChI=1S/C30H24N6O4/c37-28(26-15-19-6-1-2-12-25(19)40-26)32-21-8-3-7-20(14-21)29(38)35-17-30(39,18-35)27-16-36(34-33-27)24-11-4-10-23-22(24)9-5-13-31-23/h1-14,16,26,39H,15,17-18H2,(H,32,37). The van der Waals surface area contributed by atoms with Crippen LogP contribution in [0.1, 0.15) is 21.6 Å². The van der Waals surface area contributed by atoms with Gasteiger partial charge < -0.3 is 20.1 Å². The summed E-state index contributed by atoms with van der Waals surface area (Å²) >= 11 is 0. The number of amides is 2. The first-order valence-electron chi connectivity index (χ1n) is 12.9. The van der Waals surface area contributed by atoms with E-state index in [-0.39, 0.29) is 24.9 Å². The number of benzene rings is 3. The number of likely N-dealkylation sites (tertiary alicyclic amines) is 1. The molecule has 0 radical (unpaired) electrons. The van der Waals surface area contributed by atoms with E-state index in [9.17, 15) is 14.7 Å². The number of hydrogen-bond donors (Lipinski definition) is 2. The molecule has 10 heteroatoms. The Kier molecular flexibility index (Phi) is 5.56. The lowest BCUT2D eigenvalue weighted by Crippen LogP contribution is -2.61. The van der Waals surface area contributed by atoms with Crippen LogP contribution in [0.5, 0.6) is 5.75 Å². The van der Waals surface area contributed by atoms with Gasteiger partial charge in [-0.1, -0.05) is 35.5 Å². The molecule has 7 rings (SSSR count). The molecule has 1 saturated heterocycles. The van der Waals surface area contributed by atoms with Crippen molar-refractivity contribution >= 4 is 28.4 Å². The van der Waals surface area contributed by atoms with Crippen LogP contribution in [0.15, 0.2) is 91.3 Å². The summed E-state index contributed by atoms with van der Waals surface area (Å²) in [5.41, 5.74) is 2.60. The Morgan fingerprint density at radius 2 is 1.85 bits per heavy atom. The molecule has 2 N–H and O–H groups in total. The Morgan fingerprint density at radius 3 is 2.73 bits per heavy atom. The molecule has 0 saturated carbocycles. The molecule has 2 aliphatic rings. The van der Waals surface area contributed by atoms with Crippen molar-refractivity contribution in [2.45, 2.75) is 18.1 Å². The molecule has 10 nitrogen and oxygen atoms in total. The minimum absolute atomic E-state index is 0.0758. The van der Waals surface area contributed by atoms with Crippen LogP contribution in [0.2, 0.25) is 0 Å². The highest BCUT2D eigenvalue weighted by atomic mass is 16.5. The van der Waals surface area contributed by atoms with E-state index in [1.165, 1.54) is 0 Å². The minimum Gasteiger partial charge on any atom is -0.480 e. The number of carbonyl (C=O) groups excluding carboxylic acids is 2. The van der Waals surface area contributed by atoms with Gasteiger partial charge in [-0.3, -0.25) is 14.6 Å². The van der Waals surface area contributed by atoms with Crippen molar-refractivity contribution in [3.05, 3.63) is 108 Å². The average molecular weight is 533 g/mol. The molecular formula is C30H24N6O4. The van der Waals surface area contributed by atoms with E-state index in [0.29, 0.717) is 29.1 Å². The van der Waals surface area contributed by atoms with Crippen molar-refractivity contribution in [2.75, 3.05) is 18.4 Å².